The molecule has 4 aromatic rings. The molecular formula is C17H13N5. The van der Waals surface area contributed by atoms with E-state index >= 15 is 0 Å². The zero-order chi connectivity index (χ0) is 14.9. The minimum absolute atomic E-state index is 0.720. The maximum atomic E-state index is 4.71. The number of imidazole rings is 1. The molecule has 0 unspecified atom stereocenters. The van der Waals surface area contributed by atoms with E-state index in [0.29, 0.717) is 0 Å². The van der Waals surface area contributed by atoms with Crippen molar-refractivity contribution in [2.75, 3.05) is 0 Å². The Morgan fingerprint density at radius 2 is 1.82 bits per heavy atom. The first kappa shape index (κ1) is 12.6. The molecule has 0 saturated heterocycles. The number of fused-ring (bicyclic) bond motifs is 1. The first-order chi connectivity index (χ1) is 10.8. The number of hydrogen-bond acceptors (Lipinski definition) is 4. The lowest BCUT2D eigenvalue weighted by atomic mass is 10.0. The molecule has 0 aliphatic rings. The molecule has 0 bridgehead atoms. The van der Waals surface area contributed by atoms with Gasteiger partial charge in [0, 0.05) is 35.9 Å². The van der Waals surface area contributed by atoms with Crippen molar-refractivity contribution in [2.24, 2.45) is 0 Å². The lowest BCUT2D eigenvalue weighted by Gasteiger charge is -2.05. The normalized spacial score (nSPS) is 11.0. The number of hydrogen-bond donors (Lipinski definition) is 1. The second-order valence-corrected chi connectivity index (χ2v) is 5.07. The fourth-order valence-corrected chi connectivity index (χ4v) is 2.54. The number of nitrogens with zero attached hydrogens (tertiary/aromatic N) is 4. The lowest BCUT2D eigenvalue weighted by molar-refractivity contribution is 1.17. The fourth-order valence-electron chi connectivity index (χ4n) is 2.54. The molecule has 3 heterocycles. The second kappa shape index (κ2) is 5.04. The van der Waals surface area contributed by atoms with Crippen LogP contribution in [-0.2, 0) is 0 Å². The average Bonchev–Trinajstić information content (AvgIpc) is 3.00. The third kappa shape index (κ3) is 2.03. The minimum atomic E-state index is 0.720. The van der Waals surface area contributed by atoms with Crippen molar-refractivity contribution in [1.29, 1.82) is 0 Å². The van der Waals surface area contributed by atoms with Gasteiger partial charge in [-0.15, -0.1) is 0 Å². The summed E-state index contributed by atoms with van der Waals surface area (Å²) >= 11 is 0. The number of H-pyrrole nitrogens is 1. The SMILES string of the molecule is Cc1ccncc1-c1cccc2[nH]c(-c3cnccn3)nc12. The monoisotopic (exact) mass is 287 g/mol. The third-order valence-electron chi connectivity index (χ3n) is 3.65. The molecule has 0 amide bonds. The first-order valence-corrected chi connectivity index (χ1v) is 6.99. The van der Waals surface area contributed by atoms with Gasteiger partial charge in [0.25, 0.3) is 0 Å². The molecule has 3 aromatic heterocycles. The molecule has 0 radical (unpaired) electrons. The highest BCUT2D eigenvalue weighted by Crippen LogP contribution is 2.30. The van der Waals surface area contributed by atoms with Gasteiger partial charge in [0.1, 0.15) is 5.69 Å². The Morgan fingerprint density at radius 1 is 0.909 bits per heavy atom. The van der Waals surface area contributed by atoms with Crippen LogP contribution >= 0.6 is 0 Å². The van der Waals surface area contributed by atoms with Gasteiger partial charge in [-0.25, -0.2) is 9.97 Å². The van der Waals surface area contributed by atoms with E-state index in [1.165, 1.54) is 5.56 Å². The van der Waals surface area contributed by atoms with Crippen LogP contribution < -0.4 is 0 Å². The van der Waals surface area contributed by atoms with E-state index in [4.69, 9.17) is 4.98 Å². The molecule has 0 spiro atoms. The summed E-state index contributed by atoms with van der Waals surface area (Å²) in [6, 6.07) is 8.10. The van der Waals surface area contributed by atoms with E-state index < -0.39 is 0 Å². The number of para-hydroxylation sites is 1. The van der Waals surface area contributed by atoms with Crippen LogP contribution in [0.2, 0.25) is 0 Å². The summed E-state index contributed by atoms with van der Waals surface area (Å²) in [5, 5.41) is 0. The van der Waals surface area contributed by atoms with Crippen molar-refractivity contribution < 1.29 is 0 Å². The van der Waals surface area contributed by atoms with Gasteiger partial charge in [-0.2, -0.15) is 0 Å². The molecule has 1 aromatic carbocycles. The highest BCUT2D eigenvalue weighted by molar-refractivity contribution is 5.94. The summed E-state index contributed by atoms with van der Waals surface area (Å²) in [7, 11) is 0. The van der Waals surface area contributed by atoms with Crippen molar-refractivity contribution in [1.82, 2.24) is 24.9 Å². The maximum Gasteiger partial charge on any atom is 0.158 e. The topological polar surface area (TPSA) is 67.3 Å². The average molecular weight is 287 g/mol. The Kier molecular flexibility index (Phi) is 2.89. The lowest BCUT2D eigenvalue weighted by Crippen LogP contribution is -1.87. The highest BCUT2D eigenvalue weighted by Gasteiger charge is 2.12. The molecule has 5 heteroatoms. The van der Waals surface area contributed by atoms with E-state index in [-0.39, 0.29) is 0 Å². The molecule has 0 saturated carbocycles. The van der Waals surface area contributed by atoms with Crippen LogP contribution in [0.4, 0.5) is 0 Å². The molecule has 4 rings (SSSR count). The molecule has 0 atom stereocenters. The van der Waals surface area contributed by atoms with Crippen molar-refractivity contribution in [3.63, 3.8) is 0 Å². The standard InChI is InChI=1S/C17H13N5/c1-11-5-6-18-9-13(11)12-3-2-4-14-16(12)22-17(21-14)15-10-19-7-8-20-15/h2-10H,1H3,(H,21,22). The van der Waals surface area contributed by atoms with Crippen molar-refractivity contribution >= 4 is 11.0 Å². The Balaban J connectivity index is 1.95. The summed E-state index contributed by atoms with van der Waals surface area (Å²) in [6.45, 7) is 2.08. The number of rotatable bonds is 2. The maximum absolute atomic E-state index is 4.71. The largest absolute Gasteiger partial charge is 0.337 e. The third-order valence-corrected chi connectivity index (χ3v) is 3.65. The van der Waals surface area contributed by atoms with Gasteiger partial charge >= 0.3 is 0 Å². The molecule has 5 nitrogen and oxygen atoms in total. The zero-order valence-electron chi connectivity index (χ0n) is 12.0. The van der Waals surface area contributed by atoms with Crippen molar-refractivity contribution in [3.05, 3.63) is 60.8 Å². The van der Waals surface area contributed by atoms with Gasteiger partial charge < -0.3 is 4.98 Å². The van der Waals surface area contributed by atoms with Crippen LogP contribution in [0.3, 0.4) is 0 Å². The molecule has 0 aliphatic carbocycles. The Bertz CT molecular complexity index is 944. The number of aromatic nitrogens is 5. The fraction of sp³-hybridized carbons (Fsp3) is 0.0588. The van der Waals surface area contributed by atoms with Crippen molar-refractivity contribution in [2.45, 2.75) is 6.92 Å². The quantitative estimate of drug-likeness (QED) is 0.613. The van der Waals surface area contributed by atoms with Gasteiger partial charge in [0.15, 0.2) is 5.82 Å². The highest BCUT2D eigenvalue weighted by atomic mass is 15.0. The summed E-state index contributed by atoms with van der Waals surface area (Å²) < 4.78 is 0. The Labute approximate surface area is 127 Å². The number of nitrogens with one attached hydrogen (secondary N) is 1. The predicted molar refractivity (Wildman–Crippen MR) is 85.1 cm³/mol. The summed E-state index contributed by atoms with van der Waals surface area (Å²) in [4.78, 5) is 20.6. The second-order valence-electron chi connectivity index (χ2n) is 5.07. The van der Waals surface area contributed by atoms with Crippen LogP contribution in [-0.4, -0.2) is 24.9 Å². The molecular weight excluding hydrogens is 274 g/mol. The van der Waals surface area contributed by atoms with Gasteiger partial charge in [-0.05, 0) is 24.6 Å². The molecule has 0 fully saturated rings. The van der Waals surface area contributed by atoms with Crippen molar-refractivity contribution in [3.8, 4) is 22.6 Å². The van der Waals surface area contributed by atoms with E-state index in [1.54, 1.807) is 24.8 Å². The summed E-state index contributed by atoms with van der Waals surface area (Å²) in [5.74, 6) is 0.720. The van der Waals surface area contributed by atoms with Crippen LogP contribution in [0.5, 0.6) is 0 Å². The molecule has 106 valence electrons. The summed E-state index contributed by atoms with van der Waals surface area (Å²) in [5.41, 5.74) is 5.94. The zero-order valence-corrected chi connectivity index (χ0v) is 12.0. The molecule has 0 aliphatic heterocycles. The minimum Gasteiger partial charge on any atom is -0.337 e. The van der Waals surface area contributed by atoms with Crippen LogP contribution in [0.15, 0.2) is 55.2 Å². The van der Waals surface area contributed by atoms with Gasteiger partial charge in [-0.1, -0.05) is 12.1 Å². The number of aromatic amines is 1. The van der Waals surface area contributed by atoms with Gasteiger partial charge in [0.2, 0.25) is 0 Å². The van der Waals surface area contributed by atoms with E-state index in [0.717, 1.165) is 33.7 Å². The van der Waals surface area contributed by atoms with Crippen LogP contribution in [0, 0.1) is 6.92 Å². The van der Waals surface area contributed by atoms with Crippen LogP contribution in [0.1, 0.15) is 5.56 Å². The van der Waals surface area contributed by atoms with E-state index in [1.807, 2.05) is 24.4 Å². The van der Waals surface area contributed by atoms with Crippen LogP contribution in [0.25, 0.3) is 33.7 Å². The summed E-state index contributed by atoms with van der Waals surface area (Å²) in [6.07, 6.45) is 8.69. The van der Waals surface area contributed by atoms with E-state index in [2.05, 4.69) is 32.9 Å². The van der Waals surface area contributed by atoms with E-state index in [9.17, 15) is 0 Å². The smallest absolute Gasteiger partial charge is 0.158 e. The number of pyridine rings is 1. The number of aryl methyl sites for hydroxylation is 1. The molecule has 22 heavy (non-hydrogen) atoms. The van der Waals surface area contributed by atoms with Gasteiger partial charge in [0.05, 0.1) is 17.2 Å². The Hall–Kier alpha value is -3.08. The first-order valence-electron chi connectivity index (χ1n) is 6.99. The Morgan fingerprint density at radius 3 is 2.64 bits per heavy atom. The van der Waals surface area contributed by atoms with Gasteiger partial charge in [-0.3, -0.25) is 9.97 Å². The predicted octanol–water partition coefficient (Wildman–Crippen LogP) is 3.39. The molecule has 1 N–H and O–H groups in total. The number of benzene rings is 1.